The van der Waals surface area contributed by atoms with Gasteiger partial charge in [-0.05, 0) is 30.4 Å². The van der Waals surface area contributed by atoms with Gasteiger partial charge < -0.3 is 0 Å². The van der Waals surface area contributed by atoms with Crippen LogP contribution < -0.4 is 0 Å². The van der Waals surface area contributed by atoms with Crippen molar-refractivity contribution in [2.45, 2.75) is 33.1 Å². The predicted molar refractivity (Wildman–Crippen MR) is 55.3 cm³/mol. The van der Waals surface area contributed by atoms with Crippen molar-refractivity contribution in [2.24, 2.45) is 0 Å². The van der Waals surface area contributed by atoms with Gasteiger partial charge in [0.15, 0.2) is 0 Å². The maximum Gasteiger partial charge on any atom is 0.150 e. The molecule has 0 spiro atoms. The number of carbonyl (C=O) groups excluding carboxylic acids is 1. The summed E-state index contributed by atoms with van der Waals surface area (Å²) in [7, 11) is 0. The SMILES string of the molecule is CCC(C)c1cccc(C=O)c1C. The van der Waals surface area contributed by atoms with Crippen molar-refractivity contribution in [3.05, 3.63) is 34.9 Å². The van der Waals surface area contributed by atoms with Gasteiger partial charge in [0.05, 0.1) is 0 Å². The lowest BCUT2D eigenvalue weighted by Gasteiger charge is -2.13. The summed E-state index contributed by atoms with van der Waals surface area (Å²) in [5.41, 5.74) is 3.25. The number of hydrogen-bond acceptors (Lipinski definition) is 1. The first kappa shape index (κ1) is 9.97. The molecule has 1 heteroatoms. The Morgan fingerprint density at radius 3 is 2.69 bits per heavy atom. The monoisotopic (exact) mass is 176 g/mol. The lowest BCUT2D eigenvalue weighted by Crippen LogP contribution is -1.98. The summed E-state index contributed by atoms with van der Waals surface area (Å²) >= 11 is 0. The van der Waals surface area contributed by atoms with Gasteiger partial charge in [0.2, 0.25) is 0 Å². The van der Waals surface area contributed by atoms with Crippen molar-refractivity contribution in [1.82, 2.24) is 0 Å². The molecule has 1 unspecified atom stereocenters. The van der Waals surface area contributed by atoms with Crippen LogP contribution in [0, 0.1) is 6.92 Å². The molecule has 0 saturated carbocycles. The molecule has 0 aliphatic rings. The molecule has 1 nitrogen and oxygen atoms in total. The number of hydrogen-bond donors (Lipinski definition) is 0. The van der Waals surface area contributed by atoms with E-state index in [9.17, 15) is 4.79 Å². The van der Waals surface area contributed by atoms with E-state index in [2.05, 4.69) is 19.9 Å². The van der Waals surface area contributed by atoms with Crippen LogP contribution in [0.4, 0.5) is 0 Å². The van der Waals surface area contributed by atoms with Crippen LogP contribution in [0.25, 0.3) is 0 Å². The summed E-state index contributed by atoms with van der Waals surface area (Å²) in [5.74, 6) is 0.542. The third kappa shape index (κ3) is 1.97. The minimum atomic E-state index is 0.542. The summed E-state index contributed by atoms with van der Waals surface area (Å²) in [6.07, 6.45) is 2.05. The average Bonchev–Trinajstić information content (AvgIpc) is 2.17. The Labute approximate surface area is 79.8 Å². The highest BCUT2D eigenvalue weighted by atomic mass is 16.1. The second kappa shape index (κ2) is 4.22. The Balaban J connectivity index is 3.15. The molecule has 0 aliphatic heterocycles. The van der Waals surface area contributed by atoms with E-state index in [0.717, 1.165) is 23.8 Å². The van der Waals surface area contributed by atoms with E-state index in [1.165, 1.54) is 5.56 Å². The first-order valence-corrected chi connectivity index (χ1v) is 4.75. The Morgan fingerprint density at radius 1 is 1.46 bits per heavy atom. The molecule has 1 rings (SSSR count). The van der Waals surface area contributed by atoms with Gasteiger partial charge in [0.25, 0.3) is 0 Å². The molecule has 70 valence electrons. The maximum absolute atomic E-state index is 10.7. The van der Waals surface area contributed by atoms with E-state index >= 15 is 0 Å². The summed E-state index contributed by atoms with van der Waals surface area (Å²) in [5, 5.41) is 0. The number of benzene rings is 1. The number of carbonyl (C=O) groups is 1. The molecular formula is C12H16O. The third-order valence-corrected chi connectivity index (χ3v) is 2.69. The molecule has 1 aromatic carbocycles. The lowest BCUT2D eigenvalue weighted by atomic mass is 9.92. The van der Waals surface area contributed by atoms with Gasteiger partial charge in [-0.2, -0.15) is 0 Å². The smallest absolute Gasteiger partial charge is 0.150 e. The highest BCUT2D eigenvalue weighted by Crippen LogP contribution is 2.23. The number of aldehydes is 1. The minimum Gasteiger partial charge on any atom is -0.298 e. The normalized spacial score (nSPS) is 12.5. The molecule has 0 radical (unpaired) electrons. The van der Waals surface area contributed by atoms with E-state index in [4.69, 9.17) is 0 Å². The van der Waals surface area contributed by atoms with Crippen LogP contribution in [0.5, 0.6) is 0 Å². The summed E-state index contributed by atoms with van der Waals surface area (Å²) < 4.78 is 0. The van der Waals surface area contributed by atoms with Crippen LogP contribution in [0.2, 0.25) is 0 Å². The second-order valence-electron chi connectivity index (χ2n) is 3.49. The Bertz CT molecular complexity index is 302. The average molecular weight is 176 g/mol. The first-order chi connectivity index (χ1) is 6.20. The minimum absolute atomic E-state index is 0.542. The molecule has 13 heavy (non-hydrogen) atoms. The molecule has 1 aromatic rings. The van der Waals surface area contributed by atoms with Gasteiger partial charge in [-0.1, -0.05) is 32.0 Å². The van der Waals surface area contributed by atoms with Gasteiger partial charge in [-0.25, -0.2) is 0 Å². The fourth-order valence-electron chi connectivity index (χ4n) is 1.55. The standard InChI is InChI=1S/C12H16O/c1-4-9(2)12-7-5-6-11(8-13)10(12)3/h5-9H,4H2,1-3H3. The predicted octanol–water partition coefficient (Wildman–Crippen LogP) is 3.32. The van der Waals surface area contributed by atoms with Crippen molar-refractivity contribution in [3.63, 3.8) is 0 Å². The largest absolute Gasteiger partial charge is 0.298 e. The topological polar surface area (TPSA) is 17.1 Å². The van der Waals surface area contributed by atoms with Crippen molar-refractivity contribution in [2.75, 3.05) is 0 Å². The lowest BCUT2D eigenvalue weighted by molar-refractivity contribution is 0.112. The zero-order chi connectivity index (χ0) is 9.84. The van der Waals surface area contributed by atoms with E-state index < -0.39 is 0 Å². The molecule has 0 N–H and O–H groups in total. The zero-order valence-electron chi connectivity index (χ0n) is 8.50. The van der Waals surface area contributed by atoms with Gasteiger partial charge in [-0.3, -0.25) is 4.79 Å². The van der Waals surface area contributed by atoms with Crippen LogP contribution in [0.15, 0.2) is 18.2 Å². The first-order valence-electron chi connectivity index (χ1n) is 4.75. The molecule has 1 atom stereocenters. The Kier molecular flexibility index (Phi) is 3.24. The Morgan fingerprint density at radius 2 is 2.15 bits per heavy atom. The van der Waals surface area contributed by atoms with Crippen molar-refractivity contribution >= 4 is 6.29 Å². The van der Waals surface area contributed by atoms with Crippen molar-refractivity contribution in [1.29, 1.82) is 0 Å². The summed E-state index contributed by atoms with van der Waals surface area (Å²) in [6.45, 7) is 6.37. The van der Waals surface area contributed by atoms with Gasteiger partial charge in [0, 0.05) is 5.56 Å². The van der Waals surface area contributed by atoms with Crippen molar-refractivity contribution in [3.8, 4) is 0 Å². The van der Waals surface area contributed by atoms with Crippen LogP contribution in [-0.4, -0.2) is 6.29 Å². The van der Waals surface area contributed by atoms with E-state index in [-0.39, 0.29) is 0 Å². The highest BCUT2D eigenvalue weighted by molar-refractivity contribution is 5.77. The van der Waals surface area contributed by atoms with Crippen LogP contribution in [0.3, 0.4) is 0 Å². The van der Waals surface area contributed by atoms with E-state index in [0.29, 0.717) is 5.92 Å². The maximum atomic E-state index is 10.7. The molecule has 0 bridgehead atoms. The zero-order valence-corrected chi connectivity index (χ0v) is 8.50. The second-order valence-corrected chi connectivity index (χ2v) is 3.49. The molecular weight excluding hydrogens is 160 g/mol. The third-order valence-electron chi connectivity index (χ3n) is 2.69. The highest BCUT2D eigenvalue weighted by Gasteiger charge is 2.08. The fourth-order valence-corrected chi connectivity index (χ4v) is 1.55. The van der Waals surface area contributed by atoms with Gasteiger partial charge in [0.1, 0.15) is 6.29 Å². The quantitative estimate of drug-likeness (QED) is 0.646. The van der Waals surface area contributed by atoms with E-state index in [1.807, 2.05) is 19.1 Å². The molecule has 0 heterocycles. The Hall–Kier alpha value is -1.11. The molecule has 0 aliphatic carbocycles. The van der Waals surface area contributed by atoms with Gasteiger partial charge >= 0.3 is 0 Å². The molecule has 0 fully saturated rings. The number of rotatable bonds is 3. The molecule has 0 aromatic heterocycles. The summed E-state index contributed by atoms with van der Waals surface area (Å²) in [6, 6.07) is 5.93. The van der Waals surface area contributed by atoms with Crippen molar-refractivity contribution < 1.29 is 4.79 Å². The van der Waals surface area contributed by atoms with Crippen LogP contribution in [-0.2, 0) is 0 Å². The fraction of sp³-hybridized carbons (Fsp3) is 0.417. The van der Waals surface area contributed by atoms with Gasteiger partial charge in [-0.15, -0.1) is 0 Å². The van der Waals surface area contributed by atoms with E-state index in [1.54, 1.807) is 0 Å². The molecule has 0 amide bonds. The van der Waals surface area contributed by atoms with Crippen LogP contribution >= 0.6 is 0 Å². The van der Waals surface area contributed by atoms with Crippen LogP contribution in [0.1, 0.15) is 47.7 Å². The summed E-state index contributed by atoms with van der Waals surface area (Å²) in [4.78, 5) is 10.7. The molecule has 0 saturated heterocycles.